The molecule has 0 radical (unpaired) electrons. The van der Waals surface area contributed by atoms with Crippen molar-refractivity contribution in [3.05, 3.63) is 0 Å². The van der Waals surface area contributed by atoms with Crippen LogP contribution in [0.3, 0.4) is 0 Å². The Labute approximate surface area is 166 Å². The Morgan fingerprint density at radius 1 is 0.958 bits per heavy atom. The summed E-state index contributed by atoms with van der Waals surface area (Å²) >= 11 is 9.20. The SMILES string of the molecule is CC1(C)CCCC(C)(C)N1OC1(I)C(Cl)CC(C)(C)N(O)C1(C)C. The molecule has 2 unspecified atom stereocenters. The molecule has 2 heterocycles. The molecule has 2 rings (SSSR count). The maximum atomic E-state index is 10.9. The summed E-state index contributed by atoms with van der Waals surface area (Å²) in [6.45, 7) is 17.0. The van der Waals surface area contributed by atoms with E-state index in [1.807, 2.05) is 27.7 Å². The summed E-state index contributed by atoms with van der Waals surface area (Å²) in [5.74, 6) is 0. The van der Waals surface area contributed by atoms with E-state index in [-0.39, 0.29) is 22.0 Å². The van der Waals surface area contributed by atoms with Crippen LogP contribution in [0.15, 0.2) is 0 Å². The molecule has 142 valence electrons. The molecule has 2 fully saturated rings. The van der Waals surface area contributed by atoms with Gasteiger partial charge in [0.15, 0.2) is 3.61 Å². The van der Waals surface area contributed by atoms with Crippen molar-refractivity contribution in [1.82, 2.24) is 10.1 Å². The molecule has 4 nitrogen and oxygen atoms in total. The zero-order chi connectivity index (χ0) is 18.8. The topological polar surface area (TPSA) is 35.9 Å². The molecule has 0 aromatic rings. The van der Waals surface area contributed by atoms with Gasteiger partial charge in [-0.25, -0.2) is 0 Å². The number of rotatable bonds is 2. The Hall–Kier alpha value is 0.860. The monoisotopic (exact) mass is 472 g/mol. The van der Waals surface area contributed by atoms with E-state index in [4.69, 9.17) is 16.4 Å². The van der Waals surface area contributed by atoms with Crippen LogP contribution in [0.5, 0.6) is 0 Å². The van der Waals surface area contributed by atoms with Gasteiger partial charge in [0.05, 0.1) is 10.9 Å². The summed E-state index contributed by atoms with van der Waals surface area (Å²) in [7, 11) is 0. The smallest absolute Gasteiger partial charge is 0.176 e. The van der Waals surface area contributed by atoms with E-state index in [2.05, 4.69) is 55.3 Å². The Morgan fingerprint density at radius 3 is 1.88 bits per heavy atom. The first kappa shape index (κ1) is 21.2. The van der Waals surface area contributed by atoms with E-state index in [0.717, 1.165) is 12.8 Å². The summed E-state index contributed by atoms with van der Waals surface area (Å²) < 4.78 is -0.734. The summed E-state index contributed by atoms with van der Waals surface area (Å²) in [5.41, 5.74) is -1.16. The van der Waals surface area contributed by atoms with Crippen LogP contribution in [-0.4, -0.2) is 46.5 Å². The second-order valence-corrected chi connectivity index (χ2v) is 12.0. The molecule has 2 aliphatic heterocycles. The molecule has 2 saturated heterocycles. The van der Waals surface area contributed by atoms with Crippen molar-refractivity contribution in [2.45, 2.75) is 112 Å². The number of piperidine rings is 2. The summed E-state index contributed by atoms with van der Waals surface area (Å²) in [4.78, 5) is 6.73. The van der Waals surface area contributed by atoms with Crippen LogP contribution in [0, 0.1) is 0 Å². The highest BCUT2D eigenvalue weighted by Gasteiger charge is 2.63. The van der Waals surface area contributed by atoms with Gasteiger partial charge in [-0.2, -0.15) is 10.1 Å². The van der Waals surface area contributed by atoms with Gasteiger partial charge in [0.25, 0.3) is 0 Å². The first-order valence-corrected chi connectivity index (χ1v) is 10.4. The zero-order valence-corrected chi connectivity index (χ0v) is 19.3. The van der Waals surface area contributed by atoms with Crippen LogP contribution in [-0.2, 0) is 4.84 Å². The van der Waals surface area contributed by atoms with Crippen LogP contribution in [0.4, 0.5) is 0 Å². The number of hydrogen-bond acceptors (Lipinski definition) is 4. The predicted molar refractivity (Wildman–Crippen MR) is 108 cm³/mol. The number of nitrogens with zero attached hydrogens (tertiary/aromatic N) is 2. The van der Waals surface area contributed by atoms with Crippen molar-refractivity contribution < 1.29 is 10.0 Å². The second-order valence-electron chi connectivity index (χ2n) is 9.86. The van der Waals surface area contributed by atoms with Crippen LogP contribution in [0.2, 0.25) is 0 Å². The quantitative estimate of drug-likeness (QED) is 0.434. The average Bonchev–Trinajstić information content (AvgIpc) is 2.39. The molecule has 6 heteroatoms. The standard InChI is InChI=1S/C18H34ClIN2O2/c1-14(2)10-9-11-15(3,4)22(14)24-18(20)13(19)12-16(5,6)21(23)17(18,7)8/h13,23H,9-12H2,1-8H3. The molecular weight excluding hydrogens is 439 g/mol. The van der Waals surface area contributed by atoms with Crippen molar-refractivity contribution in [2.75, 3.05) is 0 Å². The number of halogens is 2. The van der Waals surface area contributed by atoms with E-state index in [0.29, 0.717) is 6.42 Å². The number of alkyl halides is 2. The Balaban J connectivity index is 2.42. The molecule has 0 aliphatic carbocycles. The third kappa shape index (κ3) is 3.26. The Kier molecular flexibility index (Phi) is 5.46. The minimum absolute atomic E-state index is 0.0696. The molecule has 0 amide bonds. The third-order valence-electron chi connectivity index (χ3n) is 5.92. The minimum Gasteiger partial charge on any atom is -0.313 e. The lowest BCUT2D eigenvalue weighted by atomic mass is 9.79. The molecule has 2 atom stereocenters. The zero-order valence-electron chi connectivity index (χ0n) is 16.4. The maximum absolute atomic E-state index is 10.9. The van der Waals surface area contributed by atoms with Gasteiger partial charge < -0.3 is 5.21 Å². The minimum atomic E-state index is -0.734. The Bertz CT molecular complexity index is 479. The van der Waals surface area contributed by atoms with Crippen LogP contribution < -0.4 is 0 Å². The molecule has 0 saturated carbocycles. The highest BCUT2D eigenvalue weighted by Crippen LogP contribution is 2.54. The van der Waals surface area contributed by atoms with Crippen molar-refractivity contribution in [3.63, 3.8) is 0 Å². The normalized spacial score (nSPS) is 38.9. The van der Waals surface area contributed by atoms with Gasteiger partial charge >= 0.3 is 0 Å². The van der Waals surface area contributed by atoms with E-state index in [1.165, 1.54) is 11.5 Å². The lowest BCUT2D eigenvalue weighted by molar-refractivity contribution is -0.363. The van der Waals surface area contributed by atoms with E-state index in [1.54, 1.807) is 0 Å². The number of hydrogen-bond donors (Lipinski definition) is 1. The fourth-order valence-corrected chi connectivity index (χ4v) is 5.80. The second kappa shape index (κ2) is 6.20. The Morgan fingerprint density at radius 2 is 1.42 bits per heavy atom. The third-order valence-corrected chi connectivity index (χ3v) is 9.02. The first-order valence-electron chi connectivity index (χ1n) is 8.90. The van der Waals surface area contributed by atoms with Gasteiger partial charge in [-0.3, -0.25) is 4.84 Å². The van der Waals surface area contributed by atoms with Crippen LogP contribution in [0.1, 0.15) is 81.1 Å². The molecule has 1 N–H and O–H groups in total. The van der Waals surface area contributed by atoms with Gasteiger partial charge in [-0.05, 0) is 104 Å². The van der Waals surface area contributed by atoms with Gasteiger partial charge in [0.2, 0.25) is 0 Å². The van der Waals surface area contributed by atoms with Crippen molar-refractivity contribution in [2.24, 2.45) is 0 Å². The average molecular weight is 473 g/mol. The largest absolute Gasteiger partial charge is 0.313 e. The van der Waals surface area contributed by atoms with Gasteiger partial charge in [-0.1, -0.05) is 0 Å². The summed E-state index contributed by atoms with van der Waals surface area (Å²) in [5, 5.41) is 14.3. The summed E-state index contributed by atoms with van der Waals surface area (Å²) in [6.07, 6.45) is 4.03. The highest BCUT2D eigenvalue weighted by atomic mass is 127. The fourth-order valence-electron chi connectivity index (χ4n) is 4.47. The fraction of sp³-hybridized carbons (Fsp3) is 1.00. The van der Waals surface area contributed by atoms with Gasteiger partial charge in [-0.15, -0.1) is 11.6 Å². The first-order chi connectivity index (χ1) is 10.6. The maximum Gasteiger partial charge on any atom is 0.176 e. The molecule has 0 bridgehead atoms. The predicted octanol–water partition coefficient (Wildman–Crippen LogP) is 5.35. The van der Waals surface area contributed by atoms with Crippen molar-refractivity contribution >= 4 is 34.2 Å². The molecular formula is C18H34ClIN2O2. The van der Waals surface area contributed by atoms with E-state index in [9.17, 15) is 5.21 Å². The molecule has 0 aromatic heterocycles. The van der Waals surface area contributed by atoms with Crippen LogP contribution >= 0.6 is 34.2 Å². The van der Waals surface area contributed by atoms with E-state index < -0.39 is 9.15 Å². The lowest BCUT2D eigenvalue weighted by Crippen LogP contribution is -2.74. The van der Waals surface area contributed by atoms with E-state index >= 15 is 0 Å². The molecule has 0 spiro atoms. The number of hydroxylamine groups is 4. The van der Waals surface area contributed by atoms with Crippen molar-refractivity contribution in [1.29, 1.82) is 0 Å². The van der Waals surface area contributed by atoms with Crippen molar-refractivity contribution in [3.8, 4) is 0 Å². The molecule has 0 aromatic carbocycles. The van der Waals surface area contributed by atoms with Crippen LogP contribution in [0.25, 0.3) is 0 Å². The lowest BCUT2D eigenvalue weighted by Gasteiger charge is -2.62. The molecule has 2 aliphatic rings. The summed E-state index contributed by atoms with van der Waals surface area (Å²) in [6, 6.07) is 0. The van der Waals surface area contributed by atoms with Gasteiger partial charge in [0.1, 0.15) is 0 Å². The highest BCUT2D eigenvalue weighted by molar-refractivity contribution is 14.1. The molecule has 24 heavy (non-hydrogen) atoms. The van der Waals surface area contributed by atoms with Gasteiger partial charge in [0, 0.05) is 16.6 Å².